The molecule has 0 unspecified atom stereocenters. The second-order valence-electron chi connectivity index (χ2n) is 3.13. The number of ether oxygens (including phenoxy) is 1. The smallest absolute Gasteiger partial charge is 0.142 e. The third-order valence-electron chi connectivity index (χ3n) is 1.88. The molecule has 0 fully saturated rings. The van der Waals surface area contributed by atoms with Crippen LogP contribution in [0.1, 0.15) is 25.3 Å². The Labute approximate surface area is 88.6 Å². The van der Waals surface area contributed by atoms with Crippen molar-refractivity contribution in [1.29, 1.82) is 0 Å². The van der Waals surface area contributed by atoms with Gasteiger partial charge < -0.3 is 4.74 Å². The molecule has 0 aliphatic rings. The Morgan fingerprint density at radius 3 is 2.08 bits per heavy atom. The molecule has 72 valence electrons. The van der Waals surface area contributed by atoms with Crippen LogP contribution in [0, 0.1) is 0 Å². The summed E-state index contributed by atoms with van der Waals surface area (Å²) in [5.74, 6) is 0.991. The molecule has 0 spiro atoms. The maximum atomic E-state index is 6.04. The van der Waals surface area contributed by atoms with E-state index in [1.54, 1.807) is 19.2 Å². The highest BCUT2D eigenvalue weighted by molar-refractivity contribution is 6.35. The zero-order chi connectivity index (χ0) is 10.0. The summed E-state index contributed by atoms with van der Waals surface area (Å²) in [5, 5.41) is 1.31. The second-order valence-corrected chi connectivity index (χ2v) is 3.95. The lowest BCUT2D eigenvalue weighted by molar-refractivity contribution is 0.408. The molecule has 1 aromatic rings. The van der Waals surface area contributed by atoms with Crippen molar-refractivity contribution in [1.82, 2.24) is 0 Å². The molecule has 0 N–H and O–H groups in total. The van der Waals surface area contributed by atoms with Gasteiger partial charge in [-0.15, -0.1) is 0 Å². The van der Waals surface area contributed by atoms with E-state index in [1.807, 2.05) is 0 Å². The third-order valence-corrected chi connectivity index (χ3v) is 2.50. The summed E-state index contributed by atoms with van der Waals surface area (Å²) in [6.45, 7) is 4.11. The molecule has 0 heterocycles. The van der Waals surface area contributed by atoms with Crippen molar-refractivity contribution in [2.75, 3.05) is 7.11 Å². The highest BCUT2D eigenvalue weighted by atomic mass is 35.5. The molecule has 0 aliphatic carbocycles. The van der Waals surface area contributed by atoms with Gasteiger partial charge in [-0.3, -0.25) is 0 Å². The van der Waals surface area contributed by atoms with Gasteiger partial charge in [0.1, 0.15) is 5.75 Å². The first-order chi connectivity index (χ1) is 6.07. The van der Waals surface area contributed by atoms with Crippen LogP contribution in [-0.4, -0.2) is 7.11 Å². The summed E-state index contributed by atoms with van der Waals surface area (Å²) in [5.41, 5.74) is 0.969. The van der Waals surface area contributed by atoms with E-state index in [0.717, 1.165) is 5.56 Å². The van der Waals surface area contributed by atoms with Gasteiger partial charge in [-0.2, -0.15) is 0 Å². The molecule has 0 atom stereocenters. The van der Waals surface area contributed by atoms with E-state index in [0.29, 0.717) is 21.7 Å². The predicted molar refractivity (Wildman–Crippen MR) is 57.1 cm³/mol. The first-order valence-corrected chi connectivity index (χ1v) is 4.85. The molecule has 0 saturated carbocycles. The third kappa shape index (κ3) is 2.09. The maximum Gasteiger partial charge on any atom is 0.142 e. The summed E-state index contributed by atoms with van der Waals surface area (Å²) in [7, 11) is 1.60. The molecular weight excluding hydrogens is 207 g/mol. The summed E-state index contributed by atoms with van der Waals surface area (Å²) >= 11 is 12.0. The lowest BCUT2D eigenvalue weighted by Crippen LogP contribution is -1.96. The first-order valence-electron chi connectivity index (χ1n) is 4.09. The van der Waals surface area contributed by atoms with Gasteiger partial charge in [-0.1, -0.05) is 37.0 Å². The number of halogens is 2. The zero-order valence-electron chi connectivity index (χ0n) is 7.90. The van der Waals surface area contributed by atoms with Crippen LogP contribution in [0.15, 0.2) is 12.1 Å². The number of hydrogen-bond acceptors (Lipinski definition) is 1. The van der Waals surface area contributed by atoms with Gasteiger partial charge in [-0.05, 0) is 18.1 Å². The van der Waals surface area contributed by atoms with Crippen molar-refractivity contribution in [3.63, 3.8) is 0 Å². The highest BCUT2D eigenvalue weighted by Gasteiger charge is 2.14. The molecule has 3 heteroatoms. The Bertz CT molecular complexity index is 308. The highest BCUT2D eigenvalue weighted by Crippen LogP contribution is 2.38. The van der Waals surface area contributed by atoms with Crippen LogP contribution in [0.25, 0.3) is 0 Å². The molecule has 1 rings (SSSR count). The van der Waals surface area contributed by atoms with Crippen LogP contribution >= 0.6 is 23.2 Å². The van der Waals surface area contributed by atoms with Gasteiger partial charge in [0, 0.05) is 10.6 Å². The Morgan fingerprint density at radius 2 is 1.69 bits per heavy atom. The average molecular weight is 219 g/mol. The topological polar surface area (TPSA) is 9.23 Å². The SMILES string of the molecule is COc1c(Cl)ccc(Cl)c1C(C)C. The Balaban J connectivity index is 3.35. The summed E-state index contributed by atoms with van der Waals surface area (Å²) in [6, 6.07) is 3.54. The van der Waals surface area contributed by atoms with Gasteiger partial charge in [-0.25, -0.2) is 0 Å². The van der Waals surface area contributed by atoms with E-state index >= 15 is 0 Å². The summed E-state index contributed by atoms with van der Waals surface area (Å²) < 4.78 is 5.20. The van der Waals surface area contributed by atoms with Crippen molar-refractivity contribution < 1.29 is 4.74 Å². The first kappa shape index (κ1) is 10.7. The van der Waals surface area contributed by atoms with Gasteiger partial charge in [0.2, 0.25) is 0 Å². The molecule has 0 radical (unpaired) electrons. The molecule has 0 aromatic heterocycles. The fraction of sp³-hybridized carbons (Fsp3) is 0.400. The number of methoxy groups -OCH3 is 1. The quantitative estimate of drug-likeness (QED) is 0.726. The monoisotopic (exact) mass is 218 g/mol. The molecule has 0 bridgehead atoms. The lowest BCUT2D eigenvalue weighted by Gasteiger charge is -2.14. The standard InChI is InChI=1S/C10H12Cl2O/c1-6(2)9-7(11)4-5-8(12)10(9)13-3/h4-6H,1-3H3. The minimum atomic E-state index is 0.307. The zero-order valence-corrected chi connectivity index (χ0v) is 9.41. The van der Waals surface area contributed by atoms with Crippen molar-refractivity contribution in [2.45, 2.75) is 19.8 Å². The fourth-order valence-corrected chi connectivity index (χ4v) is 1.90. The number of hydrogen-bond donors (Lipinski definition) is 0. The largest absolute Gasteiger partial charge is 0.495 e. The van der Waals surface area contributed by atoms with Crippen LogP contribution < -0.4 is 4.74 Å². The van der Waals surface area contributed by atoms with E-state index in [1.165, 1.54) is 0 Å². The van der Waals surface area contributed by atoms with Crippen LogP contribution in [0.3, 0.4) is 0 Å². The van der Waals surface area contributed by atoms with Crippen molar-refractivity contribution >= 4 is 23.2 Å². The van der Waals surface area contributed by atoms with Gasteiger partial charge in [0.25, 0.3) is 0 Å². The van der Waals surface area contributed by atoms with E-state index < -0.39 is 0 Å². The van der Waals surface area contributed by atoms with Crippen molar-refractivity contribution in [3.05, 3.63) is 27.7 Å². The fourth-order valence-electron chi connectivity index (χ4n) is 1.29. The van der Waals surface area contributed by atoms with Crippen molar-refractivity contribution in [3.8, 4) is 5.75 Å². The molecule has 0 amide bonds. The number of benzene rings is 1. The normalized spacial score (nSPS) is 10.6. The molecule has 1 nitrogen and oxygen atoms in total. The van der Waals surface area contributed by atoms with Gasteiger partial charge >= 0.3 is 0 Å². The summed E-state index contributed by atoms with van der Waals surface area (Å²) in [4.78, 5) is 0. The van der Waals surface area contributed by atoms with Crippen LogP contribution in [-0.2, 0) is 0 Å². The molecular formula is C10H12Cl2O. The van der Waals surface area contributed by atoms with E-state index in [2.05, 4.69) is 13.8 Å². The molecule has 13 heavy (non-hydrogen) atoms. The minimum absolute atomic E-state index is 0.307. The summed E-state index contributed by atoms with van der Waals surface area (Å²) in [6.07, 6.45) is 0. The Morgan fingerprint density at radius 1 is 1.15 bits per heavy atom. The average Bonchev–Trinajstić information content (AvgIpc) is 2.07. The van der Waals surface area contributed by atoms with Crippen LogP contribution in [0.5, 0.6) is 5.75 Å². The van der Waals surface area contributed by atoms with Crippen molar-refractivity contribution in [2.24, 2.45) is 0 Å². The van der Waals surface area contributed by atoms with E-state index in [4.69, 9.17) is 27.9 Å². The molecule has 1 aromatic carbocycles. The lowest BCUT2D eigenvalue weighted by atomic mass is 10.0. The van der Waals surface area contributed by atoms with Crippen LogP contribution in [0.4, 0.5) is 0 Å². The number of rotatable bonds is 2. The van der Waals surface area contributed by atoms with Crippen LogP contribution in [0.2, 0.25) is 10.0 Å². The predicted octanol–water partition coefficient (Wildman–Crippen LogP) is 4.13. The van der Waals surface area contributed by atoms with E-state index in [-0.39, 0.29) is 0 Å². The van der Waals surface area contributed by atoms with Gasteiger partial charge in [0.05, 0.1) is 12.1 Å². The molecule has 0 aliphatic heterocycles. The Kier molecular flexibility index (Phi) is 3.46. The molecule has 0 saturated heterocycles. The Hall–Kier alpha value is -0.400. The van der Waals surface area contributed by atoms with Gasteiger partial charge in [0.15, 0.2) is 0 Å². The second kappa shape index (κ2) is 4.21. The minimum Gasteiger partial charge on any atom is -0.495 e. The maximum absolute atomic E-state index is 6.04. The van der Waals surface area contributed by atoms with E-state index in [9.17, 15) is 0 Å².